The van der Waals surface area contributed by atoms with Gasteiger partial charge >= 0.3 is 0 Å². The molecule has 2 heterocycles. The van der Waals surface area contributed by atoms with Gasteiger partial charge in [-0.1, -0.05) is 0 Å². The van der Waals surface area contributed by atoms with E-state index in [2.05, 4.69) is 20.0 Å². The third kappa shape index (κ3) is 3.31. The second-order valence-electron chi connectivity index (χ2n) is 4.36. The van der Waals surface area contributed by atoms with Crippen LogP contribution in [0, 0.1) is 0 Å². The molecule has 2 aromatic rings. The summed E-state index contributed by atoms with van der Waals surface area (Å²) in [5.74, 6) is 0.317. The summed E-state index contributed by atoms with van der Waals surface area (Å²) in [6.07, 6.45) is 2.42. The average Bonchev–Trinajstić information content (AvgIpc) is 2.82. The van der Waals surface area contributed by atoms with Crippen LogP contribution in [0.4, 0.5) is 5.82 Å². The largest absolute Gasteiger partial charge is 0.382 e. The molecule has 4 N–H and O–H groups in total. The first-order chi connectivity index (χ1) is 9.43. The molecule has 0 spiro atoms. The topological polar surface area (TPSA) is 128 Å². The van der Waals surface area contributed by atoms with Crippen LogP contribution in [0.1, 0.15) is 6.92 Å². The summed E-state index contributed by atoms with van der Waals surface area (Å²) in [4.78, 5) is 21.5. The van der Waals surface area contributed by atoms with E-state index in [9.17, 15) is 9.46 Å². The third-order valence-corrected chi connectivity index (χ3v) is 3.96. The lowest BCUT2D eigenvalue weighted by Crippen LogP contribution is -2.19. The lowest BCUT2D eigenvalue weighted by molar-refractivity contribution is 0.0818. The third-order valence-electron chi connectivity index (χ3n) is 2.77. The highest BCUT2D eigenvalue weighted by molar-refractivity contribution is 7.55. The lowest BCUT2D eigenvalue weighted by Gasteiger charge is -2.16. The first-order valence-electron chi connectivity index (χ1n) is 5.96. The smallest absolute Gasteiger partial charge is 0.292 e. The normalized spacial score (nSPS) is 16.1. The fourth-order valence-electron chi connectivity index (χ4n) is 1.65. The summed E-state index contributed by atoms with van der Waals surface area (Å²) < 4.78 is 18.5. The molecule has 0 aliphatic heterocycles. The zero-order valence-corrected chi connectivity index (χ0v) is 12.1. The zero-order chi connectivity index (χ0) is 14.8. The number of nitrogen functional groups attached to an aromatic ring is 1. The standard InChI is InChI=1S/C10H17N6O3P/c1-7(19-6-20(17,18)12-2)3-16-5-15-8-9(11)13-4-14-10(8)16/h4-5,7H,3,6H2,1-2H3,(H2,11,13,14)(H2,12,17,18). The maximum absolute atomic E-state index is 11.4. The number of anilines is 1. The number of fused-ring (bicyclic) bond motifs is 1. The fourth-order valence-corrected chi connectivity index (χ4v) is 2.24. The van der Waals surface area contributed by atoms with Gasteiger partial charge in [0.15, 0.2) is 11.5 Å². The molecule has 10 heteroatoms. The molecular formula is C10H17N6O3P. The Morgan fingerprint density at radius 2 is 2.30 bits per heavy atom. The minimum absolute atomic E-state index is 0.256. The molecule has 0 aliphatic carbocycles. The molecule has 2 unspecified atom stereocenters. The van der Waals surface area contributed by atoms with Gasteiger partial charge in [0.05, 0.1) is 19.0 Å². The first kappa shape index (κ1) is 14.9. The monoisotopic (exact) mass is 300 g/mol. The highest BCUT2D eigenvalue weighted by Crippen LogP contribution is 2.34. The number of hydrogen-bond donors (Lipinski definition) is 3. The van der Waals surface area contributed by atoms with Crippen LogP contribution in [0.2, 0.25) is 0 Å². The van der Waals surface area contributed by atoms with Crippen LogP contribution < -0.4 is 10.8 Å². The van der Waals surface area contributed by atoms with Crippen molar-refractivity contribution < 1.29 is 14.2 Å². The summed E-state index contributed by atoms with van der Waals surface area (Å²) >= 11 is 0. The number of hydrogen-bond acceptors (Lipinski definition) is 6. The molecule has 0 fully saturated rings. The van der Waals surface area contributed by atoms with Crippen molar-refractivity contribution in [2.24, 2.45) is 0 Å². The van der Waals surface area contributed by atoms with Gasteiger partial charge in [-0.05, 0) is 14.0 Å². The van der Waals surface area contributed by atoms with Crippen LogP contribution >= 0.6 is 7.52 Å². The number of rotatable bonds is 6. The van der Waals surface area contributed by atoms with Crippen molar-refractivity contribution in [1.29, 1.82) is 0 Å². The second-order valence-corrected chi connectivity index (χ2v) is 6.47. The molecular weight excluding hydrogens is 283 g/mol. The number of nitrogens with zero attached hydrogens (tertiary/aromatic N) is 4. The van der Waals surface area contributed by atoms with Gasteiger partial charge in [0, 0.05) is 0 Å². The van der Waals surface area contributed by atoms with E-state index < -0.39 is 7.52 Å². The first-order valence-corrected chi connectivity index (χ1v) is 7.81. The molecule has 0 radical (unpaired) electrons. The van der Waals surface area contributed by atoms with Gasteiger partial charge < -0.3 is 19.9 Å². The average molecular weight is 300 g/mol. The summed E-state index contributed by atoms with van der Waals surface area (Å²) in [5.41, 5.74) is 6.83. The highest BCUT2D eigenvalue weighted by Gasteiger charge is 2.18. The summed E-state index contributed by atoms with van der Waals surface area (Å²) in [6, 6.07) is 0. The maximum Gasteiger partial charge on any atom is 0.292 e. The summed E-state index contributed by atoms with van der Waals surface area (Å²) in [5, 5.41) is 2.32. The molecule has 110 valence electrons. The van der Waals surface area contributed by atoms with Gasteiger partial charge in [0.2, 0.25) is 0 Å². The van der Waals surface area contributed by atoms with Crippen LogP contribution in [0.25, 0.3) is 11.2 Å². The minimum Gasteiger partial charge on any atom is -0.382 e. The van der Waals surface area contributed by atoms with E-state index in [4.69, 9.17) is 10.5 Å². The molecule has 0 amide bonds. The molecule has 0 aliphatic rings. The van der Waals surface area contributed by atoms with E-state index in [-0.39, 0.29) is 12.5 Å². The van der Waals surface area contributed by atoms with Crippen LogP contribution in [-0.4, -0.2) is 43.9 Å². The number of nitrogens with one attached hydrogen (secondary N) is 1. The van der Waals surface area contributed by atoms with E-state index in [1.165, 1.54) is 13.4 Å². The Bertz CT molecular complexity index is 645. The molecule has 0 saturated heterocycles. The van der Waals surface area contributed by atoms with E-state index in [1.54, 1.807) is 17.8 Å². The molecule has 9 nitrogen and oxygen atoms in total. The molecule has 0 saturated carbocycles. The Morgan fingerprint density at radius 1 is 1.55 bits per heavy atom. The number of nitrogens with two attached hydrogens (primary N) is 1. The van der Waals surface area contributed by atoms with Gasteiger partial charge in [0.25, 0.3) is 7.52 Å². The Morgan fingerprint density at radius 3 is 3.00 bits per heavy atom. The van der Waals surface area contributed by atoms with E-state index in [0.29, 0.717) is 23.5 Å². The predicted octanol–water partition coefficient (Wildman–Crippen LogP) is 0.176. The predicted molar refractivity (Wildman–Crippen MR) is 74.0 cm³/mol. The molecule has 20 heavy (non-hydrogen) atoms. The Hall–Kier alpha value is -1.54. The van der Waals surface area contributed by atoms with Gasteiger partial charge in [-0.3, -0.25) is 4.57 Å². The van der Waals surface area contributed by atoms with Gasteiger partial charge in [-0.25, -0.2) is 20.0 Å². The SMILES string of the molecule is CNP(=O)(O)COC(C)Cn1cnc2c(N)ncnc21. The van der Waals surface area contributed by atoms with Gasteiger partial charge in [0.1, 0.15) is 18.2 Å². The van der Waals surface area contributed by atoms with E-state index >= 15 is 0 Å². The molecule has 0 aromatic carbocycles. The number of imidazole rings is 1. The quantitative estimate of drug-likeness (QED) is 0.644. The summed E-state index contributed by atoms with van der Waals surface area (Å²) in [6.45, 7) is 2.24. The highest BCUT2D eigenvalue weighted by atomic mass is 31.2. The van der Waals surface area contributed by atoms with Crippen LogP contribution in [-0.2, 0) is 15.8 Å². The van der Waals surface area contributed by atoms with Crippen LogP contribution in [0.3, 0.4) is 0 Å². The van der Waals surface area contributed by atoms with Crippen LogP contribution in [0.15, 0.2) is 12.7 Å². The van der Waals surface area contributed by atoms with Crippen molar-refractivity contribution in [2.75, 3.05) is 19.1 Å². The minimum atomic E-state index is -3.42. The molecule has 2 aromatic heterocycles. The van der Waals surface area contributed by atoms with Crippen molar-refractivity contribution in [3.8, 4) is 0 Å². The van der Waals surface area contributed by atoms with Crippen molar-refractivity contribution >= 4 is 24.5 Å². The molecule has 0 bridgehead atoms. The maximum atomic E-state index is 11.4. The van der Waals surface area contributed by atoms with Gasteiger partial charge in [-0.15, -0.1) is 0 Å². The Labute approximate surface area is 115 Å². The van der Waals surface area contributed by atoms with Crippen LogP contribution in [0.5, 0.6) is 0 Å². The molecule has 2 atom stereocenters. The Kier molecular flexibility index (Phi) is 4.34. The fraction of sp³-hybridized carbons (Fsp3) is 0.500. The van der Waals surface area contributed by atoms with Gasteiger partial charge in [-0.2, -0.15) is 0 Å². The zero-order valence-electron chi connectivity index (χ0n) is 11.2. The Balaban J connectivity index is 2.05. The van der Waals surface area contributed by atoms with E-state index in [0.717, 1.165) is 0 Å². The lowest BCUT2D eigenvalue weighted by atomic mass is 10.4. The van der Waals surface area contributed by atoms with Crippen molar-refractivity contribution in [1.82, 2.24) is 24.6 Å². The van der Waals surface area contributed by atoms with Crippen molar-refractivity contribution in [2.45, 2.75) is 19.6 Å². The number of aromatic nitrogens is 4. The van der Waals surface area contributed by atoms with Crippen molar-refractivity contribution in [3.05, 3.63) is 12.7 Å². The van der Waals surface area contributed by atoms with Crippen molar-refractivity contribution in [3.63, 3.8) is 0 Å². The van der Waals surface area contributed by atoms with E-state index in [1.807, 2.05) is 0 Å². The summed E-state index contributed by atoms with van der Waals surface area (Å²) in [7, 11) is -2.00. The second kappa shape index (κ2) is 5.84. The number of ether oxygens (including phenoxy) is 1. The molecule has 2 rings (SSSR count).